The second-order valence-electron chi connectivity index (χ2n) is 5.31. The van der Waals surface area contributed by atoms with E-state index in [1.54, 1.807) is 0 Å². The molecular formula is C14H16N2O4S. The van der Waals surface area contributed by atoms with Crippen LogP contribution in [0.15, 0.2) is 6.07 Å². The Labute approximate surface area is 125 Å². The minimum Gasteiger partial charge on any atom is -0.487 e. The van der Waals surface area contributed by atoms with Crippen LogP contribution in [0.4, 0.5) is 0 Å². The van der Waals surface area contributed by atoms with E-state index in [0.717, 1.165) is 17.7 Å². The first-order valence-electron chi connectivity index (χ1n) is 6.90. The number of imide groups is 1. The Kier molecular flexibility index (Phi) is 3.67. The van der Waals surface area contributed by atoms with Gasteiger partial charge in [0.25, 0.3) is 5.91 Å². The first-order valence-corrected chi connectivity index (χ1v) is 7.72. The van der Waals surface area contributed by atoms with Gasteiger partial charge in [0, 0.05) is 11.3 Å². The van der Waals surface area contributed by atoms with E-state index in [1.807, 2.05) is 6.07 Å². The van der Waals surface area contributed by atoms with Gasteiger partial charge in [-0.05, 0) is 31.2 Å². The molecule has 1 aromatic heterocycles. The van der Waals surface area contributed by atoms with Crippen molar-refractivity contribution in [1.29, 1.82) is 0 Å². The molecule has 7 heteroatoms. The Morgan fingerprint density at radius 3 is 2.76 bits per heavy atom. The predicted molar refractivity (Wildman–Crippen MR) is 76.5 cm³/mol. The zero-order valence-electron chi connectivity index (χ0n) is 11.6. The van der Waals surface area contributed by atoms with Gasteiger partial charge in [-0.1, -0.05) is 0 Å². The van der Waals surface area contributed by atoms with E-state index in [9.17, 15) is 14.4 Å². The Morgan fingerprint density at radius 2 is 2.14 bits per heavy atom. The van der Waals surface area contributed by atoms with Gasteiger partial charge in [0.2, 0.25) is 11.8 Å². The van der Waals surface area contributed by atoms with Crippen LogP contribution in [-0.2, 0) is 9.59 Å². The Morgan fingerprint density at radius 1 is 1.38 bits per heavy atom. The van der Waals surface area contributed by atoms with Crippen molar-refractivity contribution in [2.45, 2.75) is 37.6 Å². The Hall–Kier alpha value is -1.89. The summed E-state index contributed by atoms with van der Waals surface area (Å²) in [4.78, 5) is 36.3. The second kappa shape index (κ2) is 5.48. The molecule has 2 aliphatic rings. The van der Waals surface area contributed by atoms with Crippen LogP contribution in [0.3, 0.4) is 0 Å². The third kappa shape index (κ3) is 2.92. The lowest BCUT2D eigenvalue weighted by Gasteiger charge is -2.21. The van der Waals surface area contributed by atoms with Gasteiger partial charge < -0.3 is 10.1 Å². The molecule has 1 aliphatic carbocycles. The molecule has 1 saturated heterocycles. The normalized spacial score (nSPS) is 21.9. The first kappa shape index (κ1) is 14.1. The molecule has 2 N–H and O–H groups in total. The van der Waals surface area contributed by atoms with Gasteiger partial charge in [-0.3, -0.25) is 19.7 Å². The highest BCUT2D eigenvalue weighted by Gasteiger charge is 2.31. The maximum Gasteiger partial charge on any atom is 0.256 e. The number of piperidine rings is 1. The highest BCUT2D eigenvalue weighted by molar-refractivity contribution is 7.14. The fourth-order valence-electron chi connectivity index (χ4n) is 2.34. The number of carbonyl (C=O) groups excluding carboxylic acids is 3. The SMILES string of the molecule is COc1sc(C2CC2)cc1C(=O)NC1CCC(=O)NC1=O. The Balaban J connectivity index is 1.72. The average Bonchev–Trinajstić information content (AvgIpc) is 3.21. The zero-order chi connectivity index (χ0) is 15.0. The molecule has 3 amide bonds. The van der Waals surface area contributed by atoms with Crippen molar-refractivity contribution >= 4 is 29.1 Å². The Bertz CT molecular complexity index is 606. The summed E-state index contributed by atoms with van der Waals surface area (Å²) in [7, 11) is 1.53. The van der Waals surface area contributed by atoms with Crippen LogP contribution >= 0.6 is 11.3 Å². The molecule has 2 heterocycles. The molecule has 6 nitrogen and oxygen atoms in total. The molecule has 0 spiro atoms. The molecule has 3 rings (SSSR count). The van der Waals surface area contributed by atoms with Crippen LogP contribution < -0.4 is 15.4 Å². The van der Waals surface area contributed by atoms with Gasteiger partial charge in [0.1, 0.15) is 6.04 Å². The number of hydrogen-bond donors (Lipinski definition) is 2. The van der Waals surface area contributed by atoms with Gasteiger partial charge >= 0.3 is 0 Å². The lowest BCUT2D eigenvalue weighted by atomic mass is 10.1. The van der Waals surface area contributed by atoms with Crippen LogP contribution in [0.1, 0.15) is 46.8 Å². The van der Waals surface area contributed by atoms with E-state index in [-0.39, 0.29) is 18.2 Å². The number of carbonyl (C=O) groups is 3. The van der Waals surface area contributed by atoms with Gasteiger partial charge in [0.05, 0.1) is 12.7 Å². The monoisotopic (exact) mass is 308 g/mol. The summed E-state index contributed by atoms with van der Waals surface area (Å²) in [6.07, 6.45) is 2.87. The summed E-state index contributed by atoms with van der Waals surface area (Å²) in [5.74, 6) is -0.531. The van der Waals surface area contributed by atoms with E-state index < -0.39 is 11.9 Å². The number of amides is 3. The van der Waals surface area contributed by atoms with Gasteiger partial charge in [0.15, 0.2) is 5.06 Å². The van der Waals surface area contributed by atoms with E-state index in [1.165, 1.54) is 18.4 Å². The highest BCUT2D eigenvalue weighted by atomic mass is 32.1. The molecule has 2 fully saturated rings. The quantitative estimate of drug-likeness (QED) is 0.818. The summed E-state index contributed by atoms with van der Waals surface area (Å²) >= 11 is 1.48. The highest BCUT2D eigenvalue weighted by Crippen LogP contribution is 2.46. The number of rotatable bonds is 4. The van der Waals surface area contributed by atoms with Crippen molar-refractivity contribution < 1.29 is 19.1 Å². The number of hydrogen-bond acceptors (Lipinski definition) is 5. The van der Waals surface area contributed by atoms with Crippen molar-refractivity contribution in [3.05, 3.63) is 16.5 Å². The number of ether oxygens (including phenoxy) is 1. The minimum atomic E-state index is -0.663. The number of nitrogens with one attached hydrogen (secondary N) is 2. The van der Waals surface area contributed by atoms with Gasteiger partial charge in [-0.15, -0.1) is 11.3 Å². The van der Waals surface area contributed by atoms with Crippen LogP contribution in [0.2, 0.25) is 0 Å². The predicted octanol–water partition coefficient (Wildman–Crippen LogP) is 1.17. The van der Waals surface area contributed by atoms with Crippen molar-refractivity contribution in [2.75, 3.05) is 7.11 Å². The van der Waals surface area contributed by atoms with Crippen LogP contribution in [0, 0.1) is 0 Å². The summed E-state index contributed by atoms with van der Waals surface area (Å²) in [5.41, 5.74) is 0.467. The lowest BCUT2D eigenvalue weighted by molar-refractivity contribution is -0.134. The third-order valence-corrected chi connectivity index (χ3v) is 4.93. The molecule has 0 aromatic carbocycles. The van der Waals surface area contributed by atoms with Crippen molar-refractivity contribution in [2.24, 2.45) is 0 Å². The minimum absolute atomic E-state index is 0.241. The smallest absolute Gasteiger partial charge is 0.256 e. The summed E-state index contributed by atoms with van der Waals surface area (Å²) in [5, 5.41) is 5.47. The summed E-state index contributed by atoms with van der Waals surface area (Å²) in [6, 6.07) is 1.19. The lowest BCUT2D eigenvalue weighted by Crippen LogP contribution is -2.52. The van der Waals surface area contributed by atoms with E-state index in [2.05, 4.69) is 10.6 Å². The molecule has 1 aliphatic heterocycles. The maximum absolute atomic E-state index is 12.3. The molecule has 1 saturated carbocycles. The molecule has 0 radical (unpaired) electrons. The van der Waals surface area contributed by atoms with E-state index in [4.69, 9.17) is 4.74 Å². The van der Waals surface area contributed by atoms with Crippen molar-refractivity contribution in [3.8, 4) is 5.06 Å². The maximum atomic E-state index is 12.3. The zero-order valence-corrected chi connectivity index (χ0v) is 12.4. The molecule has 112 valence electrons. The largest absolute Gasteiger partial charge is 0.487 e. The van der Waals surface area contributed by atoms with E-state index >= 15 is 0 Å². The van der Waals surface area contributed by atoms with Gasteiger partial charge in [-0.2, -0.15) is 0 Å². The first-order chi connectivity index (χ1) is 10.1. The fourth-order valence-corrected chi connectivity index (χ4v) is 3.48. The van der Waals surface area contributed by atoms with Gasteiger partial charge in [-0.25, -0.2) is 0 Å². The molecule has 0 bridgehead atoms. The van der Waals surface area contributed by atoms with Crippen molar-refractivity contribution in [1.82, 2.24) is 10.6 Å². The fraction of sp³-hybridized carbons (Fsp3) is 0.500. The average molecular weight is 308 g/mol. The number of thiophene rings is 1. The topological polar surface area (TPSA) is 84.5 Å². The third-order valence-electron chi connectivity index (χ3n) is 3.67. The molecule has 1 atom stereocenters. The molecule has 1 aromatic rings. The summed E-state index contributed by atoms with van der Waals surface area (Å²) < 4.78 is 5.26. The molecule has 1 unspecified atom stereocenters. The van der Waals surface area contributed by atoms with Crippen LogP contribution in [0.5, 0.6) is 5.06 Å². The summed E-state index contributed by atoms with van der Waals surface area (Å²) in [6.45, 7) is 0. The van der Waals surface area contributed by atoms with E-state index in [0.29, 0.717) is 23.0 Å². The molecular weight excluding hydrogens is 292 g/mol. The van der Waals surface area contributed by atoms with Crippen molar-refractivity contribution in [3.63, 3.8) is 0 Å². The van der Waals surface area contributed by atoms with Crippen LogP contribution in [-0.4, -0.2) is 30.9 Å². The standard InChI is InChI=1S/C14H16N2O4S/c1-20-14-8(6-10(21-14)7-2-3-7)12(18)15-9-4-5-11(17)16-13(9)19/h6-7,9H,2-5H2,1H3,(H,15,18)(H,16,17,19). The second-order valence-corrected chi connectivity index (χ2v) is 6.35. The number of methoxy groups -OCH3 is 1. The van der Waals surface area contributed by atoms with Crippen LogP contribution in [0.25, 0.3) is 0 Å². The molecule has 21 heavy (non-hydrogen) atoms.